The van der Waals surface area contributed by atoms with Crippen molar-refractivity contribution < 1.29 is 14.7 Å². The molecule has 3 rings (SSSR count). The zero-order valence-electron chi connectivity index (χ0n) is 19.1. The second-order valence-electron chi connectivity index (χ2n) is 9.18. The highest BCUT2D eigenvalue weighted by molar-refractivity contribution is 7.99. The number of nitrogens with one attached hydrogen (secondary N) is 1. The van der Waals surface area contributed by atoms with Crippen molar-refractivity contribution >= 4 is 29.4 Å². The van der Waals surface area contributed by atoms with Crippen molar-refractivity contribution in [1.82, 2.24) is 24.9 Å². The van der Waals surface area contributed by atoms with Gasteiger partial charge in [-0.3, -0.25) is 9.59 Å². The summed E-state index contributed by atoms with van der Waals surface area (Å²) in [5, 5.41) is 17.2. The highest BCUT2D eigenvalue weighted by Gasteiger charge is 2.32. The van der Waals surface area contributed by atoms with Crippen molar-refractivity contribution in [3.05, 3.63) is 17.0 Å². The summed E-state index contributed by atoms with van der Waals surface area (Å²) < 4.78 is 1.56. The van der Waals surface area contributed by atoms with E-state index in [9.17, 15) is 9.59 Å². The summed E-state index contributed by atoms with van der Waals surface area (Å²) in [6.45, 7) is 10.5. The Labute approximate surface area is 187 Å². The quantitative estimate of drug-likeness (QED) is 0.595. The number of rotatable bonds is 8. The molecule has 0 aromatic carbocycles. The van der Waals surface area contributed by atoms with Crippen molar-refractivity contribution in [1.29, 1.82) is 0 Å². The normalized spacial score (nSPS) is 19.5. The Morgan fingerprint density at radius 1 is 1.19 bits per heavy atom. The third kappa shape index (κ3) is 5.56. The third-order valence-electron chi connectivity index (χ3n) is 6.80. The van der Waals surface area contributed by atoms with Crippen LogP contribution in [0.3, 0.4) is 0 Å². The van der Waals surface area contributed by atoms with Crippen LogP contribution in [0.1, 0.15) is 69.8 Å². The number of hydrogen-bond donors (Lipinski definition) is 2. The van der Waals surface area contributed by atoms with Gasteiger partial charge in [-0.1, -0.05) is 39.0 Å². The molecule has 0 saturated heterocycles. The molecule has 2 aromatic heterocycles. The fourth-order valence-electron chi connectivity index (χ4n) is 4.37. The number of carboxylic acid groups (broad SMARTS) is 1. The minimum absolute atomic E-state index is 0.00511. The summed E-state index contributed by atoms with van der Waals surface area (Å²) >= 11 is 1.27. The van der Waals surface area contributed by atoms with Crippen LogP contribution in [0.2, 0.25) is 0 Å². The molecule has 1 saturated carbocycles. The zero-order valence-corrected chi connectivity index (χ0v) is 19.9. The van der Waals surface area contributed by atoms with Crippen LogP contribution in [0.5, 0.6) is 0 Å². The predicted molar refractivity (Wildman–Crippen MR) is 120 cm³/mol. The first-order chi connectivity index (χ1) is 14.6. The molecule has 31 heavy (non-hydrogen) atoms. The number of fused-ring (bicyclic) bond motifs is 1. The first-order valence-electron chi connectivity index (χ1n) is 11.0. The predicted octanol–water partition coefficient (Wildman–Crippen LogP) is 3.57. The lowest BCUT2D eigenvalue weighted by Crippen LogP contribution is -2.40. The minimum atomic E-state index is -0.911. The van der Waals surface area contributed by atoms with Gasteiger partial charge in [0.1, 0.15) is 0 Å². The summed E-state index contributed by atoms with van der Waals surface area (Å²) in [7, 11) is 0. The highest BCUT2D eigenvalue weighted by atomic mass is 32.2. The molecule has 1 amide bonds. The van der Waals surface area contributed by atoms with E-state index in [0.717, 1.165) is 31.6 Å². The van der Waals surface area contributed by atoms with E-state index >= 15 is 0 Å². The Hall–Kier alpha value is -2.16. The van der Waals surface area contributed by atoms with Crippen LogP contribution in [0.15, 0.2) is 5.16 Å². The third-order valence-corrected chi connectivity index (χ3v) is 7.64. The number of carbonyl (C=O) groups excluding carboxylic acids is 1. The maximum Gasteiger partial charge on any atom is 0.307 e. The summed E-state index contributed by atoms with van der Waals surface area (Å²) in [5.74, 6) is 0.480. The summed E-state index contributed by atoms with van der Waals surface area (Å²) in [4.78, 5) is 32.3. The summed E-state index contributed by atoms with van der Waals surface area (Å²) in [6, 6.07) is 0.246. The van der Waals surface area contributed by atoms with Gasteiger partial charge < -0.3 is 10.4 Å². The van der Waals surface area contributed by atoms with E-state index in [1.54, 1.807) is 11.4 Å². The van der Waals surface area contributed by atoms with Crippen LogP contribution < -0.4 is 5.32 Å². The summed E-state index contributed by atoms with van der Waals surface area (Å²) in [6.07, 6.45) is 5.47. The fraction of sp³-hybridized carbons (Fsp3) is 0.682. The fourth-order valence-corrected chi connectivity index (χ4v) is 4.99. The number of nitrogens with zero attached hydrogens (tertiary/aromatic N) is 4. The van der Waals surface area contributed by atoms with Crippen LogP contribution in [0.25, 0.3) is 5.78 Å². The van der Waals surface area contributed by atoms with Gasteiger partial charge in [0.25, 0.3) is 5.78 Å². The first kappa shape index (κ1) is 23.5. The lowest BCUT2D eigenvalue weighted by molar-refractivity contribution is -0.136. The Morgan fingerprint density at radius 2 is 1.87 bits per heavy atom. The van der Waals surface area contributed by atoms with E-state index in [2.05, 4.69) is 41.2 Å². The lowest BCUT2D eigenvalue weighted by atomic mass is 9.69. The molecule has 2 aromatic rings. The monoisotopic (exact) mass is 447 g/mol. The average molecular weight is 448 g/mol. The Kier molecular flexibility index (Phi) is 7.24. The van der Waals surface area contributed by atoms with Gasteiger partial charge in [-0.05, 0) is 50.9 Å². The molecule has 0 unspecified atom stereocenters. The van der Waals surface area contributed by atoms with Crippen LogP contribution >= 0.6 is 11.8 Å². The van der Waals surface area contributed by atoms with Crippen molar-refractivity contribution in [2.75, 3.05) is 5.75 Å². The number of carboxylic acids is 1. The van der Waals surface area contributed by atoms with Gasteiger partial charge in [0.15, 0.2) is 0 Å². The van der Waals surface area contributed by atoms with Gasteiger partial charge in [-0.25, -0.2) is 9.50 Å². The van der Waals surface area contributed by atoms with Crippen LogP contribution in [0, 0.1) is 25.2 Å². The number of thioether (sulfide) groups is 1. The molecular formula is C22H33N5O3S. The molecule has 8 nitrogen and oxygen atoms in total. The maximum atomic E-state index is 12.5. The van der Waals surface area contributed by atoms with E-state index < -0.39 is 5.97 Å². The molecule has 1 aliphatic carbocycles. The number of aromatic nitrogens is 4. The van der Waals surface area contributed by atoms with Gasteiger partial charge in [-0.15, -0.1) is 5.10 Å². The van der Waals surface area contributed by atoms with E-state index in [0.29, 0.717) is 33.3 Å². The number of carbonyl (C=O) groups is 2. The Balaban J connectivity index is 1.56. The van der Waals surface area contributed by atoms with Gasteiger partial charge in [0, 0.05) is 23.0 Å². The molecule has 0 radical (unpaired) electrons. The first-order valence-corrected chi connectivity index (χ1v) is 12.0. The van der Waals surface area contributed by atoms with Crippen molar-refractivity contribution in [3.8, 4) is 0 Å². The molecule has 0 spiro atoms. The molecule has 2 N–H and O–H groups in total. The van der Waals surface area contributed by atoms with Crippen LogP contribution in [0.4, 0.5) is 0 Å². The highest BCUT2D eigenvalue weighted by Crippen LogP contribution is 2.40. The van der Waals surface area contributed by atoms with Crippen molar-refractivity contribution in [3.63, 3.8) is 0 Å². The maximum absolute atomic E-state index is 12.5. The van der Waals surface area contributed by atoms with Crippen LogP contribution in [-0.4, -0.2) is 48.4 Å². The van der Waals surface area contributed by atoms with E-state index in [1.807, 2.05) is 6.92 Å². The molecule has 0 bridgehead atoms. The minimum Gasteiger partial charge on any atom is -0.481 e. The molecule has 0 aliphatic heterocycles. The van der Waals surface area contributed by atoms with Gasteiger partial charge >= 0.3 is 5.97 Å². The summed E-state index contributed by atoms with van der Waals surface area (Å²) in [5.41, 5.74) is 2.35. The Bertz CT molecular complexity index is 964. The smallest absolute Gasteiger partial charge is 0.307 e. The molecule has 1 fully saturated rings. The number of hydrogen-bond acceptors (Lipinski definition) is 6. The molecule has 1 aliphatic rings. The molecular weight excluding hydrogens is 414 g/mol. The molecule has 170 valence electrons. The second-order valence-corrected chi connectivity index (χ2v) is 10.1. The molecule has 9 heteroatoms. The topological polar surface area (TPSA) is 109 Å². The average Bonchev–Trinajstić information content (AvgIpc) is 3.13. The number of aliphatic carboxylic acids is 1. The number of aryl methyl sites for hydroxylation is 2. The largest absolute Gasteiger partial charge is 0.481 e. The standard InChI is InChI=1S/C22H33N5O3S/c1-6-22(4,5)15-7-9-16(10-8-15)24-18(28)12-31-21-25-20-23-13(2)17(11-19(29)30)14(3)27(20)26-21/h15-16H,6-12H2,1-5H3,(H,24,28)(H,29,30). The SMILES string of the molecule is CCC(C)(C)C1CCC(NC(=O)CSc2nc3nc(C)c(CC(=O)O)c(C)n3n2)CC1. The van der Waals surface area contributed by atoms with Gasteiger partial charge in [-0.2, -0.15) is 4.98 Å². The molecule has 2 heterocycles. The zero-order chi connectivity index (χ0) is 22.8. The second kappa shape index (κ2) is 9.54. The number of amides is 1. The van der Waals surface area contributed by atoms with Crippen molar-refractivity contribution in [2.45, 2.75) is 84.3 Å². The van der Waals surface area contributed by atoms with E-state index in [4.69, 9.17) is 5.11 Å². The molecule has 0 atom stereocenters. The van der Waals surface area contributed by atoms with E-state index in [-0.39, 0.29) is 24.1 Å². The van der Waals surface area contributed by atoms with E-state index in [1.165, 1.54) is 18.2 Å². The van der Waals surface area contributed by atoms with Crippen LogP contribution in [-0.2, 0) is 16.0 Å². The van der Waals surface area contributed by atoms with Gasteiger partial charge in [0.05, 0.1) is 12.2 Å². The van der Waals surface area contributed by atoms with Crippen molar-refractivity contribution in [2.24, 2.45) is 11.3 Å². The Morgan fingerprint density at radius 3 is 2.48 bits per heavy atom. The lowest BCUT2D eigenvalue weighted by Gasteiger charge is -2.39. The van der Waals surface area contributed by atoms with Gasteiger partial charge in [0.2, 0.25) is 11.1 Å².